The highest BCUT2D eigenvalue weighted by Crippen LogP contribution is 2.11. The average Bonchev–Trinajstić information content (AvgIpc) is 2.59. The number of benzene rings is 1. The van der Waals surface area contributed by atoms with Gasteiger partial charge in [-0.25, -0.2) is 4.98 Å². The van der Waals surface area contributed by atoms with Crippen molar-refractivity contribution >= 4 is 0 Å². The molecule has 0 unspecified atom stereocenters. The fourth-order valence-electron chi connectivity index (χ4n) is 1.67. The molecule has 0 amide bonds. The van der Waals surface area contributed by atoms with Gasteiger partial charge in [0.05, 0.1) is 0 Å². The number of nitrogens with zero attached hydrogens (tertiary/aromatic N) is 2. The Morgan fingerprint density at radius 3 is 2.53 bits per heavy atom. The van der Waals surface area contributed by atoms with Gasteiger partial charge < -0.3 is 4.57 Å². The molecule has 1 aromatic carbocycles. The first kappa shape index (κ1) is 9.97. The Balaban J connectivity index is 2.25. The molecule has 0 radical (unpaired) electrons. The van der Waals surface area contributed by atoms with Crippen LogP contribution in [-0.4, -0.2) is 9.55 Å². The molecule has 15 heavy (non-hydrogen) atoms. The lowest BCUT2D eigenvalue weighted by Gasteiger charge is -2.07. The molecule has 78 valence electrons. The lowest BCUT2D eigenvalue weighted by Crippen LogP contribution is -2.01. The molecule has 0 fully saturated rings. The SMILES string of the molecule is Cc1ccc(Cn2ccnc2C)cc1C. The molecule has 0 N–H and O–H groups in total. The van der Waals surface area contributed by atoms with Crippen LogP contribution in [0.15, 0.2) is 30.6 Å². The minimum atomic E-state index is 0.910. The van der Waals surface area contributed by atoms with E-state index >= 15 is 0 Å². The van der Waals surface area contributed by atoms with E-state index in [1.165, 1.54) is 16.7 Å². The zero-order chi connectivity index (χ0) is 10.8. The summed E-state index contributed by atoms with van der Waals surface area (Å²) in [5.74, 6) is 1.06. The van der Waals surface area contributed by atoms with Crippen LogP contribution in [0, 0.1) is 20.8 Å². The standard InChI is InChI=1S/C13H16N2/c1-10-4-5-13(8-11(10)2)9-15-7-6-14-12(15)3/h4-8H,9H2,1-3H3. The van der Waals surface area contributed by atoms with Crippen LogP contribution < -0.4 is 0 Å². The zero-order valence-electron chi connectivity index (χ0n) is 9.49. The smallest absolute Gasteiger partial charge is 0.105 e. The molecule has 0 bridgehead atoms. The molecular weight excluding hydrogens is 184 g/mol. The molecule has 2 rings (SSSR count). The van der Waals surface area contributed by atoms with Gasteiger partial charge in [-0.1, -0.05) is 18.2 Å². The van der Waals surface area contributed by atoms with Crippen LogP contribution in [0.4, 0.5) is 0 Å². The van der Waals surface area contributed by atoms with Gasteiger partial charge in [0.1, 0.15) is 5.82 Å². The Labute approximate surface area is 90.6 Å². The molecule has 2 aromatic rings. The Morgan fingerprint density at radius 2 is 1.93 bits per heavy atom. The normalized spacial score (nSPS) is 10.6. The van der Waals surface area contributed by atoms with Crippen molar-refractivity contribution in [3.63, 3.8) is 0 Å². The van der Waals surface area contributed by atoms with Crippen molar-refractivity contribution in [3.05, 3.63) is 53.1 Å². The third-order valence-electron chi connectivity index (χ3n) is 2.85. The minimum Gasteiger partial charge on any atom is -0.331 e. The summed E-state index contributed by atoms with van der Waals surface area (Å²) in [5, 5.41) is 0. The topological polar surface area (TPSA) is 17.8 Å². The van der Waals surface area contributed by atoms with Crippen molar-refractivity contribution in [1.29, 1.82) is 0 Å². The van der Waals surface area contributed by atoms with Crippen molar-refractivity contribution in [2.24, 2.45) is 0 Å². The van der Waals surface area contributed by atoms with Crippen LogP contribution in [0.5, 0.6) is 0 Å². The van der Waals surface area contributed by atoms with E-state index in [2.05, 4.69) is 41.6 Å². The molecule has 0 aliphatic carbocycles. The first-order chi connectivity index (χ1) is 7.16. The van der Waals surface area contributed by atoms with Gasteiger partial charge in [-0.05, 0) is 37.5 Å². The van der Waals surface area contributed by atoms with Crippen LogP contribution in [0.2, 0.25) is 0 Å². The summed E-state index contributed by atoms with van der Waals surface area (Å²) in [6.07, 6.45) is 3.86. The largest absolute Gasteiger partial charge is 0.331 e. The molecule has 1 heterocycles. The van der Waals surface area contributed by atoms with E-state index in [4.69, 9.17) is 0 Å². The van der Waals surface area contributed by atoms with Crippen LogP contribution in [0.25, 0.3) is 0 Å². The van der Waals surface area contributed by atoms with Crippen LogP contribution >= 0.6 is 0 Å². The van der Waals surface area contributed by atoms with Gasteiger partial charge >= 0.3 is 0 Å². The molecule has 0 aliphatic heterocycles. The number of hydrogen-bond donors (Lipinski definition) is 0. The van der Waals surface area contributed by atoms with E-state index in [1.807, 2.05) is 19.3 Å². The number of hydrogen-bond acceptors (Lipinski definition) is 1. The van der Waals surface area contributed by atoms with E-state index in [0.717, 1.165) is 12.4 Å². The number of aromatic nitrogens is 2. The van der Waals surface area contributed by atoms with Crippen molar-refractivity contribution in [2.75, 3.05) is 0 Å². The molecule has 0 atom stereocenters. The highest BCUT2D eigenvalue weighted by Gasteiger charge is 2.00. The highest BCUT2D eigenvalue weighted by molar-refractivity contribution is 5.30. The zero-order valence-corrected chi connectivity index (χ0v) is 9.49. The molecule has 0 aliphatic rings. The average molecular weight is 200 g/mol. The summed E-state index contributed by atoms with van der Waals surface area (Å²) in [4.78, 5) is 4.22. The predicted molar refractivity (Wildman–Crippen MR) is 62.0 cm³/mol. The van der Waals surface area contributed by atoms with E-state index < -0.39 is 0 Å². The van der Waals surface area contributed by atoms with Crippen LogP contribution in [-0.2, 0) is 6.54 Å². The quantitative estimate of drug-likeness (QED) is 0.729. The summed E-state index contributed by atoms with van der Waals surface area (Å²) in [6.45, 7) is 7.23. The summed E-state index contributed by atoms with van der Waals surface area (Å²) in [5.41, 5.74) is 4.03. The molecule has 2 nitrogen and oxygen atoms in total. The van der Waals surface area contributed by atoms with E-state index in [-0.39, 0.29) is 0 Å². The van der Waals surface area contributed by atoms with Gasteiger partial charge in [0.15, 0.2) is 0 Å². The second-order valence-corrected chi connectivity index (χ2v) is 4.02. The van der Waals surface area contributed by atoms with Gasteiger partial charge in [0.25, 0.3) is 0 Å². The third kappa shape index (κ3) is 2.09. The predicted octanol–water partition coefficient (Wildman–Crippen LogP) is 2.86. The van der Waals surface area contributed by atoms with Gasteiger partial charge in [-0.15, -0.1) is 0 Å². The van der Waals surface area contributed by atoms with Crippen molar-refractivity contribution in [1.82, 2.24) is 9.55 Å². The second-order valence-electron chi connectivity index (χ2n) is 4.02. The fraction of sp³-hybridized carbons (Fsp3) is 0.308. The Bertz CT molecular complexity index is 469. The second kappa shape index (κ2) is 3.89. The maximum atomic E-state index is 4.22. The van der Waals surface area contributed by atoms with Crippen LogP contribution in [0.3, 0.4) is 0 Å². The summed E-state index contributed by atoms with van der Waals surface area (Å²) < 4.78 is 2.16. The van der Waals surface area contributed by atoms with E-state index in [1.54, 1.807) is 0 Å². The molecule has 1 aromatic heterocycles. The maximum Gasteiger partial charge on any atom is 0.105 e. The Kier molecular flexibility index (Phi) is 2.58. The molecule has 0 saturated carbocycles. The molecule has 0 spiro atoms. The summed E-state index contributed by atoms with van der Waals surface area (Å²) in [7, 11) is 0. The van der Waals surface area contributed by atoms with Crippen molar-refractivity contribution in [2.45, 2.75) is 27.3 Å². The minimum absolute atomic E-state index is 0.910. The van der Waals surface area contributed by atoms with Crippen LogP contribution in [0.1, 0.15) is 22.5 Å². The summed E-state index contributed by atoms with van der Waals surface area (Å²) >= 11 is 0. The number of imidazole rings is 1. The molecule has 0 saturated heterocycles. The monoisotopic (exact) mass is 200 g/mol. The number of rotatable bonds is 2. The van der Waals surface area contributed by atoms with Gasteiger partial charge in [0.2, 0.25) is 0 Å². The molecule has 2 heteroatoms. The fourth-order valence-corrected chi connectivity index (χ4v) is 1.67. The first-order valence-corrected chi connectivity index (χ1v) is 5.20. The Hall–Kier alpha value is -1.57. The molecular formula is C13H16N2. The number of aryl methyl sites for hydroxylation is 3. The van der Waals surface area contributed by atoms with E-state index in [0.29, 0.717) is 0 Å². The van der Waals surface area contributed by atoms with Gasteiger partial charge in [-0.2, -0.15) is 0 Å². The first-order valence-electron chi connectivity index (χ1n) is 5.20. The maximum absolute atomic E-state index is 4.22. The van der Waals surface area contributed by atoms with Gasteiger partial charge in [0, 0.05) is 18.9 Å². The lowest BCUT2D eigenvalue weighted by molar-refractivity contribution is 0.761. The van der Waals surface area contributed by atoms with E-state index in [9.17, 15) is 0 Å². The van der Waals surface area contributed by atoms with Crippen molar-refractivity contribution in [3.8, 4) is 0 Å². The van der Waals surface area contributed by atoms with Gasteiger partial charge in [-0.3, -0.25) is 0 Å². The van der Waals surface area contributed by atoms with Crippen molar-refractivity contribution < 1.29 is 0 Å². The Morgan fingerprint density at radius 1 is 1.13 bits per heavy atom. The lowest BCUT2D eigenvalue weighted by atomic mass is 10.1. The highest BCUT2D eigenvalue weighted by atomic mass is 15.0. The summed E-state index contributed by atoms with van der Waals surface area (Å²) in [6, 6.07) is 6.60. The third-order valence-corrected chi connectivity index (χ3v) is 2.85.